The molecule has 0 radical (unpaired) electrons. The molecule has 3 aliphatic rings. The first-order valence-electron chi connectivity index (χ1n) is 11.5. The van der Waals surface area contributed by atoms with Crippen molar-refractivity contribution in [1.29, 1.82) is 0 Å². The first-order valence-corrected chi connectivity index (χ1v) is 13.0. The summed E-state index contributed by atoms with van der Waals surface area (Å²) in [6, 6.07) is 6.69. The molecule has 0 spiro atoms. The largest absolute Gasteiger partial charge is 0.472 e. The van der Waals surface area contributed by atoms with E-state index in [-0.39, 0.29) is 16.8 Å². The van der Waals surface area contributed by atoms with Gasteiger partial charge in [-0.15, -0.1) is 0 Å². The molecule has 0 unspecified atom stereocenters. The number of hydrogen-bond donors (Lipinski definition) is 1. The van der Waals surface area contributed by atoms with E-state index in [1.165, 1.54) is 4.31 Å². The van der Waals surface area contributed by atoms with E-state index < -0.39 is 15.6 Å². The average molecular weight is 472 g/mol. The number of fused-ring (bicyclic) bond motifs is 1. The second-order valence-electron chi connectivity index (χ2n) is 9.37. The fourth-order valence-corrected chi connectivity index (χ4v) is 6.31. The van der Waals surface area contributed by atoms with Gasteiger partial charge in [0.2, 0.25) is 16.0 Å². The Morgan fingerprint density at radius 3 is 2.39 bits per heavy atom. The molecule has 1 amide bonds. The van der Waals surface area contributed by atoms with Crippen molar-refractivity contribution >= 4 is 33.4 Å². The van der Waals surface area contributed by atoms with Crippen molar-refractivity contribution in [2.45, 2.75) is 68.9 Å². The van der Waals surface area contributed by atoms with Gasteiger partial charge in [0, 0.05) is 24.8 Å². The van der Waals surface area contributed by atoms with Gasteiger partial charge in [0.05, 0.1) is 11.1 Å². The number of amides is 1. The SMILES string of the molecule is CC1(C)Oc2cnc(Nc3ccc(S(=O)(=O)N4CCCC4)cc3)nc2N(C2CCCC2)C1=O. The summed E-state index contributed by atoms with van der Waals surface area (Å²) < 4.78 is 32.9. The summed E-state index contributed by atoms with van der Waals surface area (Å²) in [5.74, 6) is 1.20. The van der Waals surface area contributed by atoms with Gasteiger partial charge in [-0.25, -0.2) is 13.4 Å². The number of carbonyl (C=O) groups excluding carboxylic acids is 1. The number of rotatable bonds is 5. The lowest BCUT2D eigenvalue weighted by Crippen LogP contribution is -2.55. The highest BCUT2D eigenvalue weighted by atomic mass is 32.2. The summed E-state index contributed by atoms with van der Waals surface area (Å²) in [4.78, 5) is 24.2. The molecule has 9 nitrogen and oxygen atoms in total. The lowest BCUT2D eigenvalue weighted by molar-refractivity contribution is -0.133. The first kappa shape index (κ1) is 22.1. The highest BCUT2D eigenvalue weighted by molar-refractivity contribution is 7.89. The third-order valence-electron chi connectivity index (χ3n) is 6.57. The topological polar surface area (TPSA) is 105 Å². The second kappa shape index (κ2) is 8.25. The van der Waals surface area contributed by atoms with Gasteiger partial charge in [-0.05, 0) is 63.8 Å². The molecule has 1 saturated carbocycles. The van der Waals surface area contributed by atoms with E-state index in [2.05, 4.69) is 15.3 Å². The van der Waals surface area contributed by atoms with Crippen LogP contribution >= 0.6 is 0 Å². The van der Waals surface area contributed by atoms with Gasteiger partial charge in [-0.2, -0.15) is 9.29 Å². The molecule has 33 heavy (non-hydrogen) atoms. The summed E-state index contributed by atoms with van der Waals surface area (Å²) in [6.45, 7) is 4.68. The number of hydrogen-bond acceptors (Lipinski definition) is 7. The van der Waals surface area contributed by atoms with E-state index in [0.717, 1.165) is 38.5 Å². The lowest BCUT2D eigenvalue weighted by Gasteiger charge is -2.40. The molecule has 1 saturated heterocycles. The van der Waals surface area contributed by atoms with Crippen LogP contribution < -0.4 is 15.0 Å². The van der Waals surface area contributed by atoms with Crippen LogP contribution in [0.15, 0.2) is 35.4 Å². The van der Waals surface area contributed by atoms with Crippen molar-refractivity contribution in [3.8, 4) is 5.75 Å². The van der Waals surface area contributed by atoms with Crippen LogP contribution in [0.4, 0.5) is 17.5 Å². The van der Waals surface area contributed by atoms with Crippen LogP contribution in [0.3, 0.4) is 0 Å². The van der Waals surface area contributed by atoms with Gasteiger partial charge in [0.15, 0.2) is 17.2 Å². The Labute approximate surface area is 194 Å². The Hall–Kier alpha value is -2.72. The van der Waals surface area contributed by atoms with E-state index in [0.29, 0.717) is 36.3 Å². The minimum absolute atomic E-state index is 0.0944. The second-order valence-corrected chi connectivity index (χ2v) is 11.3. The van der Waals surface area contributed by atoms with Crippen molar-refractivity contribution in [2.75, 3.05) is 23.3 Å². The molecule has 1 aromatic heterocycles. The minimum Gasteiger partial charge on any atom is -0.472 e. The summed E-state index contributed by atoms with van der Waals surface area (Å²) in [6.07, 6.45) is 7.46. The summed E-state index contributed by atoms with van der Waals surface area (Å²) >= 11 is 0. The molecular formula is C23H29N5O4S. The zero-order valence-corrected chi connectivity index (χ0v) is 19.8. The van der Waals surface area contributed by atoms with E-state index in [9.17, 15) is 13.2 Å². The normalized spacial score (nSPS) is 21.2. The van der Waals surface area contributed by atoms with Crippen LogP contribution in [0, 0.1) is 0 Å². The zero-order chi connectivity index (χ0) is 23.2. The predicted octanol–water partition coefficient (Wildman–Crippen LogP) is 3.45. The monoisotopic (exact) mass is 471 g/mol. The molecule has 2 aromatic rings. The van der Waals surface area contributed by atoms with Crippen molar-refractivity contribution in [2.24, 2.45) is 0 Å². The maximum Gasteiger partial charge on any atom is 0.272 e. The fourth-order valence-electron chi connectivity index (χ4n) is 4.79. The molecule has 176 valence electrons. The van der Waals surface area contributed by atoms with Crippen molar-refractivity contribution in [1.82, 2.24) is 14.3 Å². The maximum atomic E-state index is 13.2. The molecule has 10 heteroatoms. The van der Waals surface area contributed by atoms with Crippen LogP contribution in [-0.2, 0) is 14.8 Å². The van der Waals surface area contributed by atoms with E-state index in [4.69, 9.17) is 4.74 Å². The van der Waals surface area contributed by atoms with Crippen LogP contribution in [0.25, 0.3) is 0 Å². The van der Waals surface area contributed by atoms with Crippen molar-refractivity contribution in [3.05, 3.63) is 30.5 Å². The lowest BCUT2D eigenvalue weighted by atomic mass is 10.0. The Morgan fingerprint density at radius 1 is 1.06 bits per heavy atom. The molecule has 2 aliphatic heterocycles. The number of benzene rings is 1. The highest BCUT2D eigenvalue weighted by Gasteiger charge is 2.45. The average Bonchev–Trinajstić information content (AvgIpc) is 3.50. The van der Waals surface area contributed by atoms with Crippen molar-refractivity contribution in [3.63, 3.8) is 0 Å². The van der Waals surface area contributed by atoms with Gasteiger partial charge in [0.25, 0.3) is 5.91 Å². The van der Waals surface area contributed by atoms with Gasteiger partial charge in [-0.3, -0.25) is 9.69 Å². The number of ether oxygens (including phenoxy) is 1. The molecular weight excluding hydrogens is 442 g/mol. The number of nitrogens with one attached hydrogen (secondary N) is 1. The Balaban J connectivity index is 1.40. The fraction of sp³-hybridized carbons (Fsp3) is 0.522. The van der Waals surface area contributed by atoms with Gasteiger partial charge in [-0.1, -0.05) is 12.8 Å². The highest BCUT2D eigenvalue weighted by Crippen LogP contribution is 2.40. The molecule has 1 aromatic carbocycles. The Kier molecular flexibility index (Phi) is 5.52. The van der Waals surface area contributed by atoms with Gasteiger partial charge >= 0.3 is 0 Å². The summed E-state index contributed by atoms with van der Waals surface area (Å²) in [7, 11) is -3.46. The predicted molar refractivity (Wildman–Crippen MR) is 124 cm³/mol. The van der Waals surface area contributed by atoms with Crippen LogP contribution in [-0.4, -0.2) is 53.3 Å². The molecule has 3 heterocycles. The van der Waals surface area contributed by atoms with Gasteiger partial charge < -0.3 is 10.1 Å². The number of carbonyl (C=O) groups is 1. The van der Waals surface area contributed by atoms with Crippen molar-refractivity contribution < 1.29 is 17.9 Å². The van der Waals surface area contributed by atoms with E-state index >= 15 is 0 Å². The quantitative estimate of drug-likeness (QED) is 0.712. The summed E-state index contributed by atoms with van der Waals surface area (Å²) in [5.41, 5.74) is -0.309. The van der Waals surface area contributed by atoms with Gasteiger partial charge in [0.1, 0.15) is 0 Å². The van der Waals surface area contributed by atoms with E-state index in [1.807, 2.05) is 0 Å². The number of aromatic nitrogens is 2. The zero-order valence-electron chi connectivity index (χ0n) is 19.0. The van der Waals surface area contributed by atoms with Crippen LogP contribution in [0.1, 0.15) is 52.4 Å². The minimum atomic E-state index is -3.46. The standard InChI is InChI=1S/C23H29N5O4S/c1-23(2)21(29)28(17-7-3-4-8-17)20-19(32-23)15-24-22(26-20)25-16-9-11-18(12-10-16)33(30,31)27-13-5-6-14-27/h9-12,15,17H,3-8,13-14H2,1-2H3,(H,24,25,26). The third kappa shape index (κ3) is 4.06. The maximum absolute atomic E-state index is 13.2. The number of anilines is 3. The smallest absolute Gasteiger partial charge is 0.272 e. The molecule has 1 aliphatic carbocycles. The number of sulfonamides is 1. The Bertz CT molecular complexity index is 1150. The van der Waals surface area contributed by atoms with Crippen LogP contribution in [0.5, 0.6) is 5.75 Å². The molecule has 2 fully saturated rings. The Morgan fingerprint density at radius 2 is 1.73 bits per heavy atom. The first-order chi connectivity index (χ1) is 15.8. The van der Waals surface area contributed by atoms with Crippen LogP contribution in [0.2, 0.25) is 0 Å². The molecule has 0 bridgehead atoms. The third-order valence-corrected chi connectivity index (χ3v) is 8.48. The molecule has 1 N–H and O–H groups in total. The summed E-state index contributed by atoms with van der Waals surface area (Å²) in [5, 5.41) is 3.12. The number of nitrogens with zero attached hydrogens (tertiary/aromatic N) is 4. The molecule has 0 atom stereocenters. The van der Waals surface area contributed by atoms with E-state index in [1.54, 1.807) is 49.2 Å². The molecule has 5 rings (SSSR count).